The molecule has 0 spiro atoms. The van der Waals surface area contributed by atoms with Crippen molar-refractivity contribution < 1.29 is 19.7 Å². The van der Waals surface area contributed by atoms with Gasteiger partial charge in [-0.05, 0) is 18.9 Å². The van der Waals surface area contributed by atoms with E-state index in [1.54, 1.807) is 6.07 Å². The number of carbonyl (C=O) groups excluding carboxylic acids is 1. The largest absolute Gasteiger partial charge is 0.508 e. The molecule has 1 aromatic carbocycles. The van der Waals surface area contributed by atoms with Crippen LogP contribution in [0.2, 0.25) is 0 Å². The SMILES string of the molecule is CCCCCCCCCCCCCc1cc(O)cc(O)c1OC(C)=O. The molecule has 2 N–H and O–H groups in total. The van der Waals surface area contributed by atoms with E-state index in [1.165, 1.54) is 70.8 Å². The minimum atomic E-state index is -0.471. The number of hydrogen-bond donors (Lipinski definition) is 2. The summed E-state index contributed by atoms with van der Waals surface area (Å²) in [5, 5.41) is 19.5. The highest BCUT2D eigenvalue weighted by atomic mass is 16.5. The highest BCUT2D eigenvalue weighted by molar-refractivity contribution is 5.71. The molecule has 0 atom stereocenters. The number of carbonyl (C=O) groups is 1. The van der Waals surface area contributed by atoms with E-state index in [9.17, 15) is 15.0 Å². The molecule has 0 amide bonds. The monoisotopic (exact) mass is 350 g/mol. The summed E-state index contributed by atoms with van der Waals surface area (Å²) in [7, 11) is 0. The number of aryl methyl sites for hydroxylation is 1. The molecule has 0 radical (unpaired) electrons. The first-order valence-electron chi connectivity index (χ1n) is 9.77. The molecule has 1 rings (SSSR count). The van der Waals surface area contributed by atoms with Crippen molar-refractivity contribution in [1.82, 2.24) is 0 Å². The van der Waals surface area contributed by atoms with Gasteiger partial charge in [0.15, 0.2) is 11.5 Å². The van der Waals surface area contributed by atoms with E-state index in [0.717, 1.165) is 12.8 Å². The number of phenolic OH excluding ortho intramolecular Hbond substituents is 2. The normalized spacial score (nSPS) is 10.8. The lowest BCUT2D eigenvalue weighted by atomic mass is 10.0. The highest BCUT2D eigenvalue weighted by Gasteiger charge is 2.13. The first-order valence-corrected chi connectivity index (χ1v) is 9.77. The van der Waals surface area contributed by atoms with Crippen LogP contribution in [0.4, 0.5) is 0 Å². The summed E-state index contributed by atoms with van der Waals surface area (Å²) in [4.78, 5) is 11.2. The van der Waals surface area contributed by atoms with Crippen LogP contribution in [-0.4, -0.2) is 16.2 Å². The Balaban J connectivity index is 2.22. The van der Waals surface area contributed by atoms with E-state index < -0.39 is 5.97 Å². The Bertz CT molecular complexity index is 511. The summed E-state index contributed by atoms with van der Waals surface area (Å²) in [6.07, 6.45) is 14.6. The van der Waals surface area contributed by atoms with E-state index in [-0.39, 0.29) is 17.2 Å². The van der Waals surface area contributed by atoms with Gasteiger partial charge in [-0.3, -0.25) is 4.79 Å². The van der Waals surface area contributed by atoms with Crippen molar-refractivity contribution >= 4 is 5.97 Å². The summed E-state index contributed by atoms with van der Waals surface area (Å²) in [6.45, 7) is 3.55. The Morgan fingerprint density at radius 1 is 0.880 bits per heavy atom. The quantitative estimate of drug-likeness (QED) is 0.265. The fourth-order valence-corrected chi connectivity index (χ4v) is 3.08. The highest BCUT2D eigenvalue weighted by Crippen LogP contribution is 2.35. The van der Waals surface area contributed by atoms with Crippen molar-refractivity contribution in [1.29, 1.82) is 0 Å². The maximum Gasteiger partial charge on any atom is 0.308 e. The Kier molecular flexibility index (Phi) is 10.8. The lowest BCUT2D eigenvalue weighted by Crippen LogP contribution is -2.04. The standard InChI is InChI=1S/C21H34O4/c1-3-4-5-6-7-8-9-10-11-12-13-14-18-15-19(23)16-20(24)21(18)25-17(2)22/h15-16,23-24H,3-14H2,1-2H3. The predicted octanol–water partition coefficient (Wildman–Crippen LogP) is 5.88. The number of ether oxygens (including phenoxy) is 1. The Hall–Kier alpha value is -1.71. The summed E-state index contributed by atoms with van der Waals surface area (Å²) in [5.74, 6) is -0.488. The number of hydrogen-bond acceptors (Lipinski definition) is 4. The van der Waals surface area contributed by atoms with Crippen molar-refractivity contribution in [2.45, 2.75) is 90.9 Å². The van der Waals surface area contributed by atoms with E-state index in [0.29, 0.717) is 12.0 Å². The summed E-state index contributed by atoms with van der Waals surface area (Å²) in [5.41, 5.74) is 0.684. The minimum absolute atomic E-state index is 0.00789. The molecule has 0 aromatic heterocycles. The number of rotatable bonds is 13. The first kappa shape index (κ1) is 21.3. The van der Waals surface area contributed by atoms with Gasteiger partial charge in [0, 0.05) is 18.6 Å². The van der Waals surface area contributed by atoms with Gasteiger partial charge in [0.2, 0.25) is 0 Å². The van der Waals surface area contributed by atoms with Crippen molar-refractivity contribution in [3.05, 3.63) is 17.7 Å². The Labute approximate surface area is 152 Å². The van der Waals surface area contributed by atoms with Crippen LogP contribution < -0.4 is 4.74 Å². The fourth-order valence-electron chi connectivity index (χ4n) is 3.08. The van der Waals surface area contributed by atoms with Crippen LogP contribution in [0.25, 0.3) is 0 Å². The molecule has 142 valence electrons. The number of esters is 1. The molecule has 0 heterocycles. The molecule has 0 bridgehead atoms. The predicted molar refractivity (Wildman–Crippen MR) is 101 cm³/mol. The minimum Gasteiger partial charge on any atom is -0.508 e. The Morgan fingerprint density at radius 2 is 1.40 bits per heavy atom. The van der Waals surface area contributed by atoms with Crippen LogP contribution >= 0.6 is 0 Å². The number of benzene rings is 1. The molecule has 25 heavy (non-hydrogen) atoms. The molecule has 0 aliphatic carbocycles. The van der Waals surface area contributed by atoms with E-state index in [4.69, 9.17) is 4.74 Å². The van der Waals surface area contributed by atoms with Crippen LogP contribution in [0.15, 0.2) is 12.1 Å². The van der Waals surface area contributed by atoms with Gasteiger partial charge < -0.3 is 14.9 Å². The maximum absolute atomic E-state index is 11.2. The first-order chi connectivity index (χ1) is 12.0. The van der Waals surface area contributed by atoms with Gasteiger partial charge in [0.05, 0.1) is 0 Å². The molecule has 0 saturated carbocycles. The fraction of sp³-hybridized carbons (Fsp3) is 0.667. The molecule has 0 aliphatic heterocycles. The lowest BCUT2D eigenvalue weighted by molar-refractivity contribution is -0.132. The molecular weight excluding hydrogens is 316 g/mol. The third-order valence-corrected chi connectivity index (χ3v) is 4.43. The molecule has 0 saturated heterocycles. The average Bonchev–Trinajstić information content (AvgIpc) is 2.55. The average molecular weight is 350 g/mol. The zero-order valence-electron chi connectivity index (χ0n) is 15.9. The number of aromatic hydroxyl groups is 2. The number of unbranched alkanes of at least 4 members (excludes halogenated alkanes) is 10. The molecule has 0 fully saturated rings. The van der Waals surface area contributed by atoms with Gasteiger partial charge in [0.1, 0.15) is 5.75 Å². The van der Waals surface area contributed by atoms with E-state index in [2.05, 4.69) is 6.92 Å². The van der Waals surface area contributed by atoms with Crippen molar-refractivity contribution in [2.24, 2.45) is 0 Å². The van der Waals surface area contributed by atoms with Crippen molar-refractivity contribution in [3.8, 4) is 17.2 Å². The lowest BCUT2D eigenvalue weighted by Gasteiger charge is -2.11. The molecule has 4 heteroatoms. The molecule has 0 aliphatic rings. The van der Waals surface area contributed by atoms with Crippen molar-refractivity contribution in [2.75, 3.05) is 0 Å². The topological polar surface area (TPSA) is 66.8 Å². The van der Waals surface area contributed by atoms with Gasteiger partial charge in [0.25, 0.3) is 0 Å². The zero-order valence-corrected chi connectivity index (χ0v) is 15.9. The van der Waals surface area contributed by atoms with Gasteiger partial charge in [-0.2, -0.15) is 0 Å². The second-order valence-electron chi connectivity index (χ2n) is 6.83. The Morgan fingerprint density at radius 3 is 1.92 bits per heavy atom. The summed E-state index contributed by atoms with van der Waals surface area (Å²) in [6, 6.07) is 2.76. The van der Waals surface area contributed by atoms with Crippen LogP contribution in [0.5, 0.6) is 17.2 Å². The molecule has 1 aromatic rings. The van der Waals surface area contributed by atoms with E-state index in [1.807, 2.05) is 0 Å². The third-order valence-electron chi connectivity index (χ3n) is 4.43. The second kappa shape index (κ2) is 12.6. The smallest absolute Gasteiger partial charge is 0.308 e. The number of phenols is 2. The van der Waals surface area contributed by atoms with Crippen LogP contribution in [0, 0.1) is 0 Å². The molecule has 0 unspecified atom stereocenters. The summed E-state index contributed by atoms with van der Waals surface area (Å²) >= 11 is 0. The van der Waals surface area contributed by atoms with Crippen molar-refractivity contribution in [3.63, 3.8) is 0 Å². The van der Waals surface area contributed by atoms with Crippen LogP contribution in [-0.2, 0) is 11.2 Å². The zero-order chi connectivity index (χ0) is 18.5. The van der Waals surface area contributed by atoms with Gasteiger partial charge in [-0.1, -0.05) is 71.1 Å². The molecule has 4 nitrogen and oxygen atoms in total. The van der Waals surface area contributed by atoms with Crippen LogP contribution in [0.1, 0.15) is 90.0 Å². The summed E-state index contributed by atoms with van der Waals surface area (Å²) < 4.78 is 5.08. The van der Waals surface area contributed by atoms with E-state index >= 15 is 0 Å². The third kappa shape index (κ3) is 9.37. The maximum atomic E-state index is 11.2. The van der Waals surface area contributed by atoms with Gasteiger partial charge in [-0.25, -0.2) is 0 Å². The van der Waals surface area contributed by atoms with Crippen LogP contribution in [0.3, 0.4) is 0 Å². The molecular formula is C21H34O4. The second-order valence-corrected chi connectivity index (χ2v) is 6.83. The van der Waals surface area contributed by atoms with Gasteiger partial charge >= 0.3 is 5.97 Å². The van der Waals surface area contributed by atoms with Gasteiger partial charge in [-0.15, -0.1) is 0 Å².